The molecule has 4 N–H and O–H groups in total. The van der Waals surface area contributed by atoms with E-state index in [4.69, 9.17) is 5.73 Å². The molecule has 0 aliphatic rings. The van der Waals surface area contributed by atoms with Crippen LogP contribution in [0.2, 0.25) is 0 Å². The van der Waals surface area contributed by atoms with Crippen LogP contribution in [0.4, 0.5) is 0 Å². The first kappa shape index (κ1) is 16.9. The molecule has 0 aromatic carbocycles. The summed E-state index contributed by atoms with van der Waals surface area (Å²) in [6.45, 7) is 8.37. The summed E-state index contributed by atoms with van der Waals surface area (Å²) < 4.78 is 0. The molecule has 0 aromatic heterocycles. The molecule has 0 heterocycles. The highest BCUT2D eigenvalue weighted by molar-refractivity contribution is 5.83. The Morgan fingerprint density at radius 3 is 2.22 bits per heavy atom. The van der Waals surface area contributed by atoms with Crippen molar-refractivity contribution in [2.45, 2.75) is 34.1 Å². The number of nitrogens with two attached hydrogens (primary N) is 1. The summed E-state index contributed by atoms with van der Waals surface area (Å²) >= 11 is 0. The van der Waals surface area contributed by atoms with E-state index < -0.39 is 5.41 Å². The van der Waals surface area contributed by atoms with Crippen LogP contribution in [0.1, 0.15) is 34.1 Å². The molecule has 2 amide bonds. The Labute approximate surface area is 110 Å². The van der Waals surface area contributed by atoms with Crippen molar-refractivity contribution in [1.82, 2.24) is 10.6 Å². The normalized spacial score (nSPS) is 13.3. The maximum Gasteiger partial charge on any atom is 0.227 e. The average molecular weight is 257 g/mol. The second-order valence-corrected chi connectivity index (χ2v) is 5.74. The lowest BCUT2D eigenvalue weighted by Crippen LogP contribution is -2.46. The van der Waals surface area contributed by atoms with E-state index in [1.807, 2.05) is 0 Å². The van der Waals surface area contributed by atoms with Crippen LogP contribution >= 0.6 is 0 Å². The molecule has 1 unspecified atom stereocenters. The largest absolute Gasteiger partial charge is 0.359 e. The molecule has 0 spiro atoms. The summed E-state index contributed by atoms with van der Waals surface area (Å²) in [6.07, 6.45) is 0.767. The van der Waals surface area contributed by atoms with E-state index in [1.165, 1.54) is 0 Å². The zero-order valence-corrected chi connectivity index (χ0v) is 12.2. The minimum absolute atomic E-state index is 0.0665. The highest BCUT2D eigenvalue weighted by Crippen LogP contribution is 2.15. The standard InChI is InChI=1S/C13H27N3O2/c1-9(2)6-10(7-14)11(17)16-8-13(3,4)12(18)15-5/h9-10H,6-8,14H2,1-5H3,(H,15,18)(H,16,17). The zero-order chi connectivity index (χ0) is 14.3. The average Bonchev–Trinajstić information content (AvgIpc) is 2.31. The van der Waals surface area contributed by atoms with Gasteiger partial charge in [0, 0.05) is 20.1 Å². The quantitative estimate of drug-likeness (QED) is 0.621. The Bertz CT molecular complexity index is 288. The van der Waals surface area contributed by atoms with Gasteiger partial charge >= 0.3 is 0 Å². The fourth-order valence-electron chi connectivity index (χ4n) is 1.75. The first-order chi connectivity index (χ1) is 8.24. The molecule has 5 nitrogen and oxygen atoms in total. The predicted octanol–water partition coefficient (Wildman–Crippen LogP) is 0.496. The Morgan fingerprint density at radius 2 is 1.83 bits per heavy atom. The topological polar surface area (TPSA) is 84.2 Å². The van der Waals surface area contributed by atoms with Gasteiger partial charge < -0.3 is 16.4 Å². The SMILES string of the molecule is CNC(=O)C(C)(C)CNC(=O)C(CN)CC(C)C. The molecule has 0 aliphatic heterocycles. The first-order valence-electron chi connectivity index (χ1n) is 6.44. The van der Waals surface area contributed by atoms with Gasteiger partial charge in [0.25, 0.3) is 0 Å². The molecule has 0 radical (unpaired) electrons. The highest BCUT2D eigenvalue weighted by atomic mass is 16.2. The third-order valence-electron chi connectivity index (χ3n) is 2.96. The van der Waals surface area contributed by atoms with Gasteiger partial charge in [0.2, 0.25) is 11.8 Å². The second kappa shape index (κ2) is 7.36. The smallest absolute Gasteiger partial charge is 0.227 e. The van der Waals surface area contributed by atoms with Gasteiger partial charge in [0.05, 0.1) is 11.3 Å². The van der Waals surface area contributed by atoms with Crippen LogP contribution in [-0.4, -0.2) is 32.0 Å². The van der Waals surface area contributed by atoms with Crippen LogP contribution in [0.3, 0.4) is 0 Å². The van der Waals surface area contributed by atoms with Crippen molar-refractivity contribution in [1.29, 1.82) is 0 Å². The number of hydrogen-bond acceptors (Lipinski definition) is 3. The molecule has 0 fully saturated rings. The van der Waals surface area contributed by atoms with Gasteiger partial charge in [-0.2, -0.15) is 0 Å². The van der Waals surface area contributed by atoms with E-state index in [2.05, 4.69) is 24.5 Å². The number of carbonyl (C=O) groups excluding carboxylic acids is 2. The summed E-state index contributed by atoms with van der Waals surface area (Å²) in [5, 5.41) is 5.40. The molecule has 106 valence electrons. The van der Waals surface area contributed by atoms with Gasteiger partial charge in [-0.15, -0.1) is 0 Å². The van der Waals surface area contributed by atoms with E-state index >= 15 is 0 Å². The minimum Gasteiger partial charge on any atom is -0.359 e. The van der Waals surface area contributed by atoms with Crippen molar-refractivity contribution < 1.29 is 9.59 Å². The maximum absolute atomic E-state index is 11.9. The van der Waals surface area contributed by atoms with Gasteiger partial charge in [-0.1, -0.05) is 13.8 Å². The van der Waals surface area contributed by atoms with Crippen LogP contribution in [-0.2, 0) is 9.59 Å². The van der Waals surface area contributed by atoms with Crippen molar-refractivity contribution in [2.75, 3.05) is 20.1 Å². The number of carbonyl (C=O) groups is 2. The minimum atomic E-state index is -0.610. The van der Waals surface area contributed by atoms with Crippen molar-refractivity contribution >= 4 is 11.8 Å². The van der Waals surface area contributed by atoms with Crippen molar-refractivity contribution in [3.63, 3.8) is 0 Å². The Balaban J connectivity index is 4.35. The maximum atomic E-state index is 11.9. The fourth-order valence-corrected chi connectivity index (χ4v) is 1.75. The first-order valence-corrected chi connectivity index (χ1v) is 6.44. The van der Waals surface area contributed by atoms with Crippen LogP contribution in [0.25, 0.3) is 0 Å². The number of hydrogen-bond donors (Lipinski definition) is 3. The van der Waals surface area contributed by atoms with E-state index in [-0.39, 0.29) is 17.7 Å². The Morgan fingerprint density at radius 1 is 1.28 bits per heavy atom. The monoisotopic (exact) mass is 257 g/mol. The Hall–Kier alpha value is -1.10. The van der Waals surface area contributed by atoms with Gasteiger partial charge in [-0.25, -0.2) is 0 Å². The van der Waals surface area contributed by atoms with Crippen molar-refractivity contribution in [3.05, 3.63) is 0 Å². The molecule has 0 rings (SSSR count). The molecule has 0 aliphatic carbocycles. The van der Waals surface area contributed by atoms with Crippen LogP contribution in [0.15, 0.2) is 0 Å². The van der Waals surface area contributed by atoms with Crippen LogP contribution in [0.5, 0.6) is 0 Å². The van der Waals surface area contributed by atoms with Gasteiger partial charge in [0.15, 0.2) is 0 Å². The van der Waals surface area contributed by atoms with E-state index in [1.54, 1.807) is 20.9 Å². The summed E-state index contributed by atoms with van der Waals surface area (Å²) in [5.74, 6) is 0.0980. The zero-order valence-electron chi connectivity index (χ0n) is 12.2. The van der Waals surface area contributed by atoms with Gasteiger partial charge in [0.1, 0.15) is 0 Å². The summed E-state index contributed by atoms with van der Waals surface area (Å²) in [4.78, 5) is 23.5. The fraction of sp³-hybridized carbons (Fsp3) is 0.846. The lowest BCUT2D eigenvalue weighted by atomic mass is 9.91. The van der Waals surface area contributed by atoms with Crippen LogP contribution in [0, 0.1) is 17.3 Å². The van der Waals surface area contributed by atoms with E-state index in [9.17, 15) is 9.59 Å². The van der Waals surface area contributed by atoms with Gasteiger partial charge in [-0.3, -0.25) is 9.59 Å². The van der Waals surface area contributed by atoms with E-state index in [0.29, 0.717) is 19.0 Å². The number of rotatable bonds is 7. The lowest BCUT2D eigenvalue weighted by Gasteiger charge is -2.24. The van der Waals surface area contributed by atoms with Crippen molar-refractivity contribution in [3.8, 4) is 0 Å². The molecular formula is C13H27N3O2. The van der Waals surface area contributed by atoms with E-state index in [0.717, 1.165) is 6.42 Å². The predicted molar refractivity (Wildman–Crippen MR) is 72.9 cm³/mol. The molecular weight excluding hydrogens is 230 g/mol. The molecule has 0 aromatic rings. The molecule has 0 saturated heterocycles. The number of amides is 2. The molecule has 0 saturated carbocycles. The molecule has 0 bridgehead atoms. The summed E-state index contributed by atoms with van der Waals surface area (Å²) in [6, 6.07) is 0. The van der Waals surface area contributed by atoms with Gasteiger partial charge in [-0.05, 0) is 26.2 Å². The lowest BCUT2D eigenvalue weighted by molar-refractivity contribution is -0.130. The van der Waals surface area contributed by atoms with Crippen LogP contribution < -0.4 is 16.4 Å². The Kier molecular flexibility index (Phi) is 6.91. The summed E-state index contributed by atoms with van der Waals surface area (Å²) in [7, 11) is 1.59. The second-order valence-electron chi connectivity index (χ2n) is 5.74. The molecule has 18 heavy (non-hydrogen) atoms. The summed E-state index contributed by atoms with van der Waals surface area (Å²) in [5.41, 5.74) is 5.00. The van der Waals surface area contributed by atoms with Crippen molar-refractivity contribution in [2.24, 2.45) is 23.0 Å². The third kappa shape index (κ3) is 5.49. The highest BCUT2D eigenvalue weighted by Gasteiger charge is 2.28. The number of nitrogens with one attached hydrogen (secondary N) is 2. The third-order valence-corrected chi connectivity index (χ3v) is 2.96. The molecule has 1 atom stereocenters. The molecule has 5 heteroatoms.